The Hall–Kier alpha value is -1.12. The summed E-state index contributed by atoms with van der Waals surface area (Å²) >= 11 is 0. The topological polar surface area (TPSA) is 43.4 Å². The summed E-state index contributed by atoms with van der Waals surface area (Å²) < 4.78 is 4.95. The number of carbonyl (C=O) groups excluding carboxylic acids is 2. The highest BCUT2D eigenvalue weighted by atomic mass is 16.6. The van der Waals surface area contributed by atoms with Gasteiger partial charge in [-0.3, -0.25) is 0 Å². The van der Waals surface area contributed by atoms with Crippen LogP contribution in [0.15, 0.2) is 12.2 Å². The van der Waals surface area contributed by atoms with Crippen LogP contribution >= 0.6 is 0 Å². The Morgan fingerprint density at radius 3 is 2.33 bits per heavy atom. The van der Waals surface area contributed by atoms with E-state index in [1.54, 1.807) is 20.8 Å². The Labute approximate surface area is 72.4 Å². The summed E-state index contributed by atoms with van der Waals surface area (Å²) in [5.74, 6) is -0.505. The largest absolute Gasteiger partial charge is 0.457 e. The van der Waals surface area contributed by atoms with Gasteiger partial charge < -0.3 is 9.53 Å². The molecule has 0 saturated heterocycles. The standard InChI is InChI=1S/C9H14O3/c1-7(5-6-10)8(11)12-9(2,3)4/h6H,1,5H2,2-4H3. The minimum absolute atomic E-state index is 0.0366. The van der Waals surface area contributed by atoms with Crippen LogP contribution in [0.2, 0.25) is 0 Å². The van der Waals surface area contributed by atoms with Gasteiger partial charge in [0.1, 0.15) is 11.9 Å². The van der Waals surface area contributed by atoms with Crippen molar-refractivity contribution in [2.45, 2.75) is 32.8 Å². The third-order valence-corrected chi connectivity index (χ3v) is 1.02. The molecule has 0 unspecified atom stereocenters. The summed E-state index contributed by atoms with van der Waals surface area (Å²) in [6.07, 6.45) is 0.668. The first-order valence-electron chi connectivity index (χ1n) is 3.71. The van der Waals surface area contributed by atoms with Gasteiger partial charge in [0, 0.05) is 12.0 Å². The summed E-state index contributed by atoms with van der Waals surface area (Å²) in [6, 6.07) is 0. The van der Waals surface area contributed by atoms with E-state index in [1.807, 2.05) is 0 Å². The monoisotopic (exact) mass is 170 g/mol. The van der Waals surface area contributed by atoms with E-state index in [4.69, 9.17) is 4.74 Å². The van der Waals surface area contributed by atoms with Gasteiger partial charge in [-0.2, -0.15) is 0 Å². The average Bonchev–Trinajstić information content (AvgIpc) is 1.84. The van der Waals surface area contributed by atoms with Crippen LogP contribution in [-0.4, -0.2) is 17.9 Å². The molecule has 68 valence electrons. The zero-order valence-electron chi connectivity index (χ0n) is 7.72. The predicted molar refractivity (Wildman–Crippen MR) is 45.7 cm³/mol. The van der Waals surface area contributed by atoms with Gasteiger partial charge in [-0.25, -0.2) is 4.79 Å². The van der Waals surface area contributed by atoms with E-state index in [9.17, 15) is 9.59 Å². The maximum absolute atomic E-state index is 11.1. The van der Waals surface area contributed by atoms with Crippen LogP contribution in [0, 0.1) is 0 Å². The SMILES string of the molecule is C=C(CC=O)C(=O)OC(C)(C)C. The lowest BCUT2D eigenvalue weighted by molar-refractivity contribution is -0.150. The molecule has 0 N–H and O–H groups in total. The van der Waals surface area contributed by atoms with E-state index < -0.39 is 11.6 Å². The Kier molecular flexibility index (Phi) is 3.67. The third-order valence-electron chi connectivity index (χ3n) is 1.02. The molecule has 0 heterocycles. The lowest BCUT2D eigenvalue weighted by Crippen LogP contribution is -2.24. The fraction of sp³-hybridized carbons (Fsp3) is 0.556. The second-order valence-corrected chi connectivity index (χ2v) is 3.48. The highest BCUT2D eigenvalue weighted by Crippen LogP contribution is 2.10. The van der Waals surface area contributed by atoms with Crippen LogP contribution in [0.1, 0.15) is 27.2 Å². The van der Waals surface area contributed by atoms with Gasteiger partial charge >= 0.3 is 5.97 Å². The van der Waals surface area contributed by atoms with Crippen LogP contribution in [0.4, 0.5) is 0 Å². The minimum Gasteiger partial charge on any atom is -0.457 e. The van der Waals surface area contributed by atoms with Gasteiger partial charge in [-0.15, -0.1) is 0 Å². The van der Waals surface area contributed by atoms with Crippen LogP contribution in [0.5, 0.6) is 0 Å². The fourth-order valence-corrected chi connectivity index (χ4v) is 0.534. The van der Waals surface area contributed by atoms with Crippen molar-refractivity contribution in [3.05, 3.63) is 12.2 Å². The molecule has 12 heavy (non-hydrogen) atoms. The first-order chi connectivity index (χ1) is 5.37. The van der Waals surface area contributed by atoms with Crippen LogP contribution in [0.25, 0.3) is 0 Å². The van der Waals surface area contributed by atoms with E-state index in [0.717, 1.165) is 0 Å². The normalized spacial score (nSPS) is 10.6. The number of rotatable bonds is 3. The molecule has 0 aromatic heterocycles. The summed E-state index contributed by atoms with van der Waals surface area (Å²) in [7, 11) is 0. The van der Waals surface area contributed by atoms with Crippen LogP contribution in [-0.2, 0) is 14.3 Å². The number of esters is 1. The quantitative estimate of drug-likeness (QED) is 0.366. The van der Waals surface area contributed by atoms with Crippen LogP contribution in [0.3, 0.4) is 0 Å². The van der Waals surface area contributed by atoms with Gasteiger partial charge in [-0.1, -0.05) is 6.58 Å². The van der Waals surface area contributed by atoms with Gasteiger partial charge in [0.2, 0.25) is 0 Å². The van der Waals surface area contributed by atoms with Gasteiger partial charge in [0.05, 0.1) is 0 Å². The maximum Gasteiger partial charge on any atom is 0.334 e. The Bertz CT molecular complexity index is 198. The summed E-state index contributed by atoms with van der Waals surface area (Å²) in [6.45, 7) is 8.71. The smallest absolute Gasteiger partial charge is 0.334 e. The molecule has 0 amide bonds. The van der Waals surface area contributed by atoms with Crippen molar-refractivity contribution in [1.82, 2.24) is 0 Å². The lowest BCUT2D eigenvalue weighted by atomic mass is 10.2. The molecular formula is C9H14O3. The Morgan fingerprint density at radius 2 is 2.00 bits per heavy atom. The van der Waals surface area contributed by atoms with Crippen LogP contribution < -0.4 is 0 Å². The second kappa shape index (κ2) is 4.04. The molecule has 0 atom stereocenters. The number of aldehydes is 1. The van der Waals surface area contributed by atoms with Gasteiger partial charge in [0.15, 0.2) is 0 Å². The number of carbonyl (C=O) groups is 2. The van der Waals surface area contributed by atoms with Crippen molar-refractivity contribution in [1.29, 1.82) is 0 Å². The summed E-state index contributed by atoms with van der Waals surface area (Å²) in [5.41, 5.74) is -0.331. The van der Waals surface area contributed by atoms with Crippen molar-refractivity contribution in [3.8, 4) is 0 Å². The van der Waals surface area contributed by atoms with Crippen molar-refractivity contribution < 1.29 is 14.3 Å². The molecule has 0 aromatic rings. The molecule has 3 heteroatoms. The van der Waals surface area contributed by atoms with E-state index in [2.05, 4.69) is 6.58 Å². The molecule has 0 radical (unpaired) electrons. The molecule has 0 fully saturated rings. The maximum atomic E-state index is 11.1. The number of ether oxygens (including phenoxy) is 1. The molecule has 0 aliphatic heterocycles. The molecule has 0 bridgehead atoms. The van der Waals surface area contributed by atoms with Crippen molar-refractivity contribution in [2.75, 3.05) is 0 Å². The highest BCUT2D eigenvalue weighted by molar-refractivity contribution is 5.90. The van der Waals surface area contributed by atoms with E-state index in [1.165, 1.54) is 0 Å². The predicted octanol–water partition coefficient (Wildman–Crippen LogP) is 1.47. The van der Waals surface area contributed by atoms with Gasteiger partial charge in [-0.05, 0) is 20.8 Å². The minimum atomic E-state index is -0.525. The zero-order valence-corrected chi connectivity index (χ0v) is 7.72. The third kappa shape index (κ3) is 4.66. The van der Waals surface area contributed by atoms with Crippen molar-refractivity contribution in [2.24, 2.45) is 0 Å². The first kappa shape index (κ1) is 10.9. The molecule has 0 saturated carbocycles. The molecule has 0 aliphatic rings. The van der Waals surface area contributed by atoms with Gasteiger partial charge in [0.25, 0.3) is 0 Å². The average molecular weight is 170 g/mol. The molecule has 3 nitrogen and oxygen atoms in total. The van der Waals surface area contributed by atoms with Crippen molar-refractivity contribution >= 4 is 12.3 Å². The number of hydrogen-bond donors (Lipinski definition) is 0. The summed E-state index contributed by atoms with van der Waals surface area (Å²) in [4.78, 5) is 21.1. The van der Waals surface area contributed by atoms with E-state index >= 15 is 0 Å². The molecule has 0 rings (SSSR count). The Balaban J connectivity index is 4.05. The molecular weight excluding hydrogens is 156 g/mol. The lowest BCUT2D eigenvalue weighted by Gasteiger charge is -2.19. The second-order valence-electron chi connectivity index (χ2n) is 3.48. The zero-order chi connectivity index (χ0) is 9.78. The molecule has 0 aliphatic carbocycles. The fourth-order valence-electron chi connectivity index (χ4n) is 0.534. The first-order valence-corrected chi connectivity index (χ1v) is 3.71. The Morgan fingerprint density at radius 1 is 1.50 bits per heavy atom. The highest BCUT2D eigenvalue weighted by Gasteiger charge is 2.17. The molecule has 0 spiro atoms. The van der Waals surface area contributed by atoms with Crippen molar-refractivity contribution in [3.63, 3.8) is 0 Å². The number of hydrogen-bond acceptors (Lipinski definition) is 3. The summed E-state index contributed by atoms with van der Waals surface area (Å²) in [5, 5.41) is 0. The molecule has 0 aromatic carbocycles. The van der Waals surface area contributed by atoms with E-state index in [0.29, 0.717) is 6.29 Å². The van der Waals surface area contributed by atoms with E-state index in [-0.39, 0.29) is 12.0 Å².